The summed E-state index contributed by atoms with van der Waals surface area (Å²) in [6, 6.07) is 0. The van der Waals surface area contributed by atoms with Crippen molar-refractivity contribution in [3.05, 3.63) is 0 Å². The zero-order chi connectivity index (χ0) is 15.5. The Labute approximate surface area is 126 Å². The highest BCUT2D eigenvalue weighted by Gasteiger charge is 2.35. The number of nitrogens with zero attached hydrogens (tertiary/aromatic N) is 2. The van der Waals surface area contributed by atoms with Gasteiger partial charge < -0.3 is 20.6 Å². The summed E-state index contributed by atoms with van der Waals surface area (Å²) in [4.78, 5) is 27.7. The van der Waals surface area contributed by atoms with Crippen LogP contribution in [-0.4, -0.2) is 65.5 Å². The van der Waals surface area contributed by atoms with Crippen LogP contribution in [-0.2, 0) is 9.59 Å². The number of nitrogens with two attached hydrogens (primary N) is 1. The van der Waals surface area contributed by atoms with Crippen LogP contribution in [0.25, 0.3) is 0 Å². The van der Waals surface area contributed by atoms with Crippen molar-refractivity contribution in [2.24, 2.45) is 11.7 Å². The summed E-state index contributed by atoms with van der Waals surface area (Å²) in [7, 11) is 1.93. The number of hydrogen-bond acceptors (Lipinski definition) is 4. The molecule has 0 bridgehead atoms. The van der Waals surface area contributed by atoms with Crippen molar-refractivity contribution >= 4 is 11.8 Å². The van der Waals surface area contributed by atoms with Gasteiger partial charge in [-0.05, 0) is 19.9 Å². The van der Waals surface area contributed by atoms with E-state index in [0.717, 1.165) is 25.8 Å². The van der Waals surface area contributed by atoms with E-state index in [9.17, 15) is 14.7 Å². The summed E-state index contributed by atoms with van der Waals surface area (Å²) in [6.07, 6.45) is 4.67. The standard InChI is InChI=1S/C15H27N3O3/c1-17-7-8-18(11-12(10-17)14(16)20)13(19)9-15(21)5-3-2-4-6-15/h12,21H,2-11H2,1H3,(H2,16,20). The van der Waals surface area contributed by atoms with Crippen LogP contribution < -0.4 is 5.73 Å². The van der Waals surface area contributed by atoms with Gasteiger partial charge in [0.1, 0.15) is 0 Å². The zero-order valence-corrected chi connectivity index (χ0v) is 12.9. The molecule has 0 spiro atoms. The summed E-state index contributed by atoms with van der Waals surface area (Å²) in [5.41, 5.74) is 4.57. The second-order valence-electron chi connectivity index (χ2n) is 6.66. The third kappa shape index (κ3) is 4.41. The molecule has 2 fully saturated rings. The minimum Gasteiger partial charge on any atom is -0.389 e. The lowest BCUT2D eigenvalue weighted by Crippen LogP contribution is -2.44. The minimum absolute atomic E-state index is 0.0547. The van der Waals surface area contributed by atoms with Crippen LogP contribution in [0.15, 0.2) is 0 Å². The van der Waals surface area contributed by atoms with E-state index >= 15 is 0 Å². The van der Waals surface area contributed by atoms with Crippen molar-refractivity contribution in [2.45, 2.75) is 44.1 Å². The van der Waals surface area contributed by atoms with E-state index in [-0.39, 0.29) is 24.2 Å². The molecule has 1 heterocycles. The van der Waals surface area contributed by atoms with Crippen LogP contribution in [0.5, 0.6) is 0 Å². The first-order valence-corrected chi connectivity index (χ1v) is 7.88. The number of hydrogen-bond donors (Lipinski definition) is 2. The summed E-state index contributed by atoms with van der Waals surface area (Å²) in [5.74, 6) is -0.749. The van der Waals surface area contributed by atoms with Crippen LogP contribution in [0.2, 0.25) is 0 Å². The number of primary amides is 1. The van der Waals surface area contributed by atoms with Crippen molar-refractivity contribution in [3.8, 4) is 0 Å². The van der Waals surface area contributed by atoms with Gasteiger partial charge in [0.25, 0.3) is 0 Å². The topological polar surface area (TPSA) is 86.9 Å². The maximum absolute atomic E-state index is 12.5. The number of likely N-dealkylation sites (N-methyl/N-ethyl adjacent to an activating group) is 1. The molecular weight excluding hydrogens is 270 g/mol. The summed E-state index contributed by atoms with van der Waals surface area (Å²) >= 11 is 0. The Hall–Kier alpha value is -1.14. The zero-order valence-electron chi connectivity index (χ0n) is 12.9. The van der Waals surface area contributed by atoms with Gasteiger partial charge in [-0.15, -0.1) is 0 Å². The largest absolute Gasteiger partial charge is 0.389 e. The second-order valence-corrected chi connectivity index (χ2v) is 6.66. The third-order valence-corrected chi connectivity index (χ3v) is 4.74. The molecule has 0 radical (unpaired) electrons. The molecule has 3 N–H and O–H groups in total. The Balaban J connectivity index is 1.98. The van der Waals surface area contributed by atoms with E-state index in [2.05, 4.69) is 0 Å². The fourth-order valence-corrected chi connectivity index (χ4v) is 3.36. The van der Waals surface area contributed by atoms with Crippen LogP contribution in [0.1, 0.15) is 38.5 Å². The third-order valence-electron chi connectivity index (χ3n) is 4.74. The molecule has 2 amide bonds. The van der Waals surface area contributed by atoms with Gasteiger partial charge in [-0.1, -0.05) is 19.3 Å². The number of rotatable bonds is 3. The van der Waals surface area contributed by atoms with Gasteiger partial charge in [-0.2, -0.15) is 0 Å². The lowest BCUT2D eigenvalue weighted by Gasteiger charge is -2.33. The van der Waals surface area contributed by atoms with Gasteiger partial charge in [0.15, 0.2) is 0 Å². The predicted octanol–water partition coefficient (Wildman–Crippen LogP) is -0.0528. The van der Waals surface area contributed by atoms with E-state index < -0.39 is 5.60 Å². The van der Waals surface area contributed by atoms with Crippen molar-refractivity contribution in [3.63, 3.8) is 0 Å². The average Bonchev–Trinajstić information content (AvgIpc) is 2.61. The second kappa shape index (κ2) is 6.75. The summed E-state index contributed by atoms with van der Waals surface area (Å²) in [5, 5.41) is 10.5. The number of amides is 2. The molecule has 2 rings (SSSR count). The Morgan fingerprint density at radius 1 is 1.19 bits per heavy atom. The van der Waals surface area contributed by atoms with Crippen LogP contribution >= 0.6 is 0 Å². The van der Waals surface area contributed by atoms with Gasteiger partial charge >= 0.3 is 0 Å². The first kappa shape index (κ1) is 16.2. The fourth-order valence-electron chi connectivity index (χ4n) is 3.36. The van der Waals surface area contributed by atoms with Gasteiger partial charge in [0.2, 0.25) is 11.8 Å². The van der Waals surface area contributed by atoms with Crippen LogP contribution in [0.3, 0.4) is 0 Å². The molecule has 1 aliphatic carbocycles. The van der Waals surface area contributed by atoms with E-state index in [0.29, 0.717) is 32.5 Å². The van der Waals surface area contributed by atoms with Crippen LogP contribution in [0, 0.1) is 5.92 Å². The normalized spacial score (nSPS) is 27.1. The molecule has 0 aromatic heterocycles. The van der Waals surface area contributed by atoms with Crippen LogP contribution in [0.4, 0.5) is 0 Å². The van der Waals surface area contributed by atoms with E-state index in [1.54, 1.807) is 4.90 Å². The molecule has 1 saturated heterocycles. The minimum atomic E-state index is -0.851. The SMILES string of the molecule is CN1CCN(C(=O)CC2(O)CCCCC2)CC(C(N)=O)C1. The van der Waals surface area contributed by atoms with Gasteiger partial charge in [0, 0.05) is 26.2 Å². The molecule has 120 valence electrons. The van der Waals surface area contributed by atoms with E-state index in [1.807, 2.05) is 11.9 Å². The molecule has 0 aromatic rings. The molecule has 1 atom stereocenters. The van der Waals surface area contributed by atoms with E-state index in [1.165, 1.54) is 0 Å². The Morgan fingerprint density at radius 2 is 1.86 bits per heavy atom. The first-order chi connectivity index (χ1) is 9.89. The molecule has 6 heteroatoms. The maximum atomic E-state index is 12.5. The Morgan fingerprint density at radius 3 is 2.48 bits per heavy atom. The van der Waals surface area contributed by atoms with Gasteiger partial charge in [-0.25, -0.2) is 0 Å². The summed E-state index contributed by atoms with van der Waals surface area (Å²) < 4.78 is 0. The highest BCUT2D eigenvalue weighted by Crippen LogP contribution is 2.31. The molecule has 1 unspecified atom stereocenters. The molecule has 0 aromatic carbocycles. The average molecular weight is 297 g/mol. The lowest BCUT2D eigenvalue weighted by atomic mass is 9.82. The Bertz CT molecular complexity index is 394. The van der Waals surface area contributed by atoms with Crippen molar-refractivity contribution < 1.29 is 14.7 Å². The molecule has 21 heavy (non-hydrogen) atoms. The molecule has 1 saturated carbocycles. The number of carbonyl (C=O) groups is 2. The number of aliphatic hydroxyl groups is 1. The highest BCUT2D eigenvalue weighted by molar-refractivity contribution is 5.80. The predicted molar refractivity (Wildman–Crippen MR) is 79.4 cm³/mol. The molecule has 1 aliphatic heterocycles. The molecule has 6 nitrogen and oxygen atoms in total. The highest BCUT2D eigenvalue weighted by atomic mass is 16.3. The van der Waals surface area contributed by atoms with Crippen molar-refractivity contribution in [1.82, 2.24) is 9.80 Å². The molecular formula is C15H27N3O3. The summed E-state index contributed by atoms with van der Waals surface area (Å²) in [6.45, 7) is 2.28. The van der Waals surface area contributed by atoms with Crippen molar-refractivity contribution in [1.29, 1.82) is 0 Å². The Kier molecular flexibility index (Phi) is 5.22. The monoisotopic (exact) mass is 297 g/mol. The van der Waals surface area contributed by atoms with Gasteiger partial charge in [0.05, 0.1) is 17.9 Å². The van der Waals surface area contributed by atoms with Gasteiger partial charge in [-0.3, -0.25) is 9.59 Å². The molecule has 2 aliphatic rings. The smallest absolute Gasteiger partial charge is 0.225 e. The quantitative estimate of drug-likeness (QED) is 0.764. The maximum Gasteiger partial charge on any atom is 0.225 e. The lowest BCUT2D eigenvalue weighted by molar-refractivity contribution is -0.138. The first-order valence-electron chi connectivity index (χ1n) is 7.88. The fraction of sp³-hybridized carbons (Fsp3) is 0.867. The number of carbonyl (C=O) groups excluding carboxylic acids is 2. The van der Waals surface area contributed by atoms with Crippen molar-refractivity contribution in [2.75, 3.05) is 33.2 Å². The van der Waals surface area contributed by atoms with E-state index in [4.69, 9.17) is 5.73 Å².